The molecule has 1 heterocycles. The Labute approximate surface area is 63.0 Å². The van der Waals surface area contributed by atoms with Gasteiger partial charge in [0.15, 0.2) is 0 Å². The van der Waals surface area contributed by atoms with E-state index in [1.54, 1.807) is 6.20 Å². The number of nitrogens with one attached hydrogen (secondary N) is 1. The minimum Gasteiger partial charge on any atom is -0.492 e. The molecule has 4 heteroatoms. The van der Waals surface area contributed by atoms with Crippen molar-refractivity contribution < 1.29 is 5.11 Å². The number of H-pyrrole nitrogens is 1. The zero-order valence-corrected chi connectivity index (χ0v) is 6.05. The minimum absolute atomic E-state index is 0. The predicted octanol–water partition coefficient (Wildman–Crippen LogP) is -0.266. The van der Waals surface area contributed by atoms with Crippen LogP contribution in [0.1, 0.15) is 0 Å². The van der Waals surface area contributed by atoms with Gasteiger partial charge in [-0.25, -0.2) is 0 Å². The number of aromatic nitrogens is 2. The van der Waals surface area contributed by atoms with Crippen LogP contribution in [0, 0.1) is 0 Å². The van der Waals surface area contributed by atoms with Crippen LogP contribution >= 0.6 is 0 Å². The standard InChI is InChI=1S/C3H4N2O.Na/c6-3-1-2-4-5-3;/h1-2H,(H2,4,5,6);. The molecule has 0 saturated carbocycles. The first-order valence-corrected chi connectivity index (χ1v) is 1.58. The molecular weight excluding hydrogens is 103 g/mol. The molecule has 0 aliphatic carbocycles. The molecular formula is C3H4N2NaO. The zero-order chi connectivity index (χ0) is 4.41. The molecule has 1 rings (SSSR count). The molecule has 7 heavy (non-hydrogen) atoms. The van der Waals surface area contributed by atoms with Gasteiger partial charge in [0.25, 0.3) is 0 Å². The van der Waals surface area contributed by atoms with Crippen LogP contribution in [0.2, 0.25) is 0 Å². The van der Waals surface area contributed by atoms with Gasteiger partial charge in [-0.05, 0) is 0 Å². The van der Waals surface area contributed by atoms with Crippen molar-refractivity contribution in [1.29, 1.82) is 0 Å². The largest absolute Gasteiger partial charge is 0.492 e. The third-order valence-electron chi connectivity index (χ3n) is 0.486. The predicted molar refractivity (Wildman–Crippen MR) is 26.0 cm³/mol. The molecule has 0 spiro atoms. The van der Waals surface area contributed by atoms with Crippen molar-refractivity contribution in [3.05, 3.63) is 12.3 Å². The summed E-state index contributed by atoms with van der Waals surface area (Å²) >= 11 is 0. The van der Waals surface area contributed by atoms with E-state index in [0.717, 1.165) is 0 Å². The Hall–Kier alpha value is 0.0100. The molecule has 0 unspecified atom stereocenters. The van der Waals surface area contributed by atoms with Gasteiger partial charge in [0.2, 0.25) is 5.88 Å². The van der Waals surface area contributed by atoms with Gasteiger partial charge in [0.05, 0.1) is 0 Å². The van der Waals surface area contributed by atoms with Crippen molar-refractivity contribution >= 4 is 29.6 Å². The third kappa shape index (κ3) is 1.97. The van der Waals surface area contributed by atoms with E-state index in [2.05, 4.69) is 10.2 Å². The van der Waals surface area contributed by atoms with Gasteiger partial charge in [-0.1, -0.05) is 0 Å². The number of nitrogens with zero attached hydrogens (tertiary/aromatic N) is 1. The van der Waals surface area contributed by atoms with E-state index < -0.39 is 0 Å². The fourth-order valence-electron chi connectivity index (χ4n) is 0.252. The van der Waals surface area contributed by atoms with Crippen LogP contribution < -0.4 is 0 Å². The molecule has 1 radical (unpaired) electrons. The first-order valence-electron chi connectivity index (χ1n) is 1.58. The molecule has 0 aliphatic heterocycles. The average molecular weight is 107 g/mol. The molecule has 2 N–H and O–H groups in total. The van der Waals surface area contributed by atoms with Crippen molar-refractivity contribution in [2.75, 3.05) is 0 Å². The summed E-state index contributed by atoms with van der Waals surface area (Å²) in [7, 11) is 0. The maximum absolute atomic E-state index is 8.33. The van der Waals surface area contributed by atoms with Crippen LogP contribution in [0.5, 0.6) is 5.88 Å². The van der Waals surface area contributed by atoms with Crippen molar-refractivity contribution in [3.8, 4) is 5.88 Å². The van der Waals surface area contributed by atoms with E-state index >= 15 is 0 Å². The molecule has 3 nitrogen and oxygen atoms in total. The van der Waals surface area contributed by atoms with Gasteiger partial charge in [0.1, 0.15) is 0 Å². The molecule has 0 aromatic carbocycles. The second kappa shape index (κ2) is 3.07. The quantitative estimate of drug-likeness (QED) is 0.448. The summed E-state index contributed by atoms with van der Waals surface area (Å²) in [5, 5.41) is 14.1. The van der Waals surface area contributed by atoms with Crippen LogP contribution in [-0.4, -0.2) is 44.9 Å². The monoisotopic (exact) mass is 107 g/mol. The first kappa shape index (κ1) is 7.01. The van der Waals surface area contributed by atoms with Gasteiger partial charge in [-0.15, -0.1) is 5.10 Å². The van der Waals surface area contributed by atoms with E-state index in [9.17, 15) is 0 Å². The zero-order valence-electron chi connectivity index (χ0n) is 4.05. The van der Waals surface area contributed by atoms with E-state index in [0.29, 0.717) is 0 Å². The Bertz CT molecular complexity index is 116. The van der Waals surface area contributed by atoms with Crippen LogP contribution in [0.3, 0.4) is 0 Å². The van der Waals surface area contributed by atoms with Crippen molar-refractivity contribution in [1.82, 2.24) is 10.2 Å². The Balaban J connectivity index is 0.000000360. The Morgan fingerprint density at radius 2 is 2.43 bits per heavy atom. The smallest absolute Gasteiger partial charge is 0.229 e. The van der Waals surface area contributed by atoms with Crippen LogP contribution in [0.15, 0.2) is 12.3 Å². The van der Waals surface area contributed by atoms with Crippen LogP contribution in [0.25, 0.3) is 0 Å². The second-order valence-electron chi connectivity index (χ2n) is 0.932. The third-order valence-corrected chi connectivity index (χ3v) is 0.486. The van der Waals surface area contributed by atoms with Crippen molar-refractivity contribution in [2.24, 2.45) is 0 Å². The molecule has 1 aromatic heterocycles. The normalized spacial score (nSPS) is 7.43. The van der Waals surface area contributed by atoms with Gasteiger partial charge >= 0.3 is 0 Å². The maximum Gasteiger partial charge on any atom is 0.229 e. The maximum atomic E-state index is 8.33. The summed E-state index contributed by atoms with van der Waals surface area (Å²) in [6.07, 6.45) is 1.55. The SMILES string of the molecule is Oc1cc[nH]n1.[Na]. The number of hydrogen-bond donors (Lipinski definition) is 2. The van der Waals surface area contributed by atoms with Crippen LogP contribution in [-0.2, 0) is 0 Å². The number of aromatic hydroxyl groups is 1. The van der Waals surface area contributed by atoms with E-state index in [1.165, 1.54) is 6.07 Å². The molecule has 33 valence electrons. The van der Waals surface area contributed by atoms with E-state index in [-0.39, 0.29) is 35.4 Å². The molecule has 0 amide bonds. The molecule has 1 aromatic rings. The van der Waals surface area contributed by atoms with Gasteiger partial charge in [0, 0.05) is 41.8 Å². The summed E-state index contributed by atoms with van der Waals surface area (Å²) in [5.74, 6) is 0.0370. The second-order valence-corrected chi connectivity index (χ2v) is 0.932. The number of rotatable bonds is 0. The van der Waals surface area contributed by atoms with Crippen LogP contribution in [0.4, 0.5) is 0 Å². The fourth-order valence-corrected chi connectivity index (χ4v) is 0.252. The molecule has 0 atom stereocenters. The molecule has 0 bridgehead atoms. The Morgan fingerprint density at radius 1 is 1.71 bits per heavy atom. The Kier molecular flexibility index (Phi) is 3.07. The average Bonchev–Trinajstić information content (AvgIpc) is 1.86. The summed E-state index contributed by atoms with van der Waals surface area (Å²) in [6, 6.07) is 1.47. The van der Waals surface area contributed by atoms with Crippen molar-refractivity contribution in [2.45, 2.75) is 0 Å². The molecule has 0 fully saturated rings. The number of aromatic amines is 1. The Morgan fingerprint density at radius 3 is 2.57 bits per heavy atom. The summed E-state index contributed by atoms with van der Waals surface area (Å²) in [4.78, 5) is 0. The molecule has 0 saturated heterocycles. The summed E-state index contributed by atoms with van der Waals surface area (Å²) in [5.41, 5.74) is 0. The topological polar surface area (TPSA) is 48.9 Å². The van der Waals surface area contributed by atoms with E-state index in [4.69, 9.17) is 5.11 Å². The van der Waals surface area contributed by atoms with Gasteiger partial charge in [-0.2, -0.15) is 0 Å². The molecule has 0 aliphatic rings. The fraction of sp³-hybridized carbons (Fsp3) is 0. The van der Waals surface area contributed by atoms with Gasteiger partial charge < -0.3 is 5.11 Å². The van der Waals surface area contributed by atoms with Gasteiger partial charge in [-0.3, -0.25) is 5.10 Å². The summed E-state index contributed by atoms with van der Waals surface area (Å²) in [6.45, 7) is 0. The minimum atomic E-state index is 0. The first-order chi connectivity index (χ1) is 2.89. The number of hydrogen-bond acceptors (Lipinski definition) is 2. The summed E-state index contributed by atoms with van der Waals surface area (Å²) < 4.78 is 0. The van der Waals surface area contributed by atoms with Crippen molar-refractivity contribution in [3.63, 3.8) is 0 Å². The van der Waals surface area contributed by atoms with E-state index in [1.807, 2.05) is 0 Å².